The van der Waals surface area contributed by atoms with Crippen LogP contribution in [-0.4, -0.2) is 25.8 Å². The van der Waals surface area contributed by atoms with Crippen LogP contribution in [0.2, 0.25) is 0 Å². The number of carbonyl (C=O) groups is 1. The summed E-state index contributed by atoms with van der Waals surface area (Å²) in [7, 11) is 0. The summed E-state index contributed by atoms with van der Waals surface area (Å²) in [6.45, 7) is 1.47. The van der Waals surface area contributed by atoms with Gasteiger partial charge < -0.3 is 10.7 Å². The quantitative estimate of drug-likeness (QED) is 0.712. The first kappa shape index (κ1) is 16.6. The molecule has 3 aromatic heterocycles. The van der Waals surface area contributed by atoms with Gasteiger partial charge in [-0.05, 0) is 25.1 Å². The number of nitrogens with zero attached hydrogens (tertiary/aromatic N) is 3. The number of halogens is 3. The smallest absolute Gasteiger partial charge is 0.366 e. The molecule has 0 aliphatic rings. The normalized spacial score (nSPS) is 12.2. The number of nitrogens with two attached hydrogens (primary N) is 1. The molecule has 0 radical (unpaired) electrons. The van der Waals surface area contributed by atoms with Crippen molar-refractivity contribution in [2.75, 3.05) is 0 Å². The van der Waals surface area contributed by atoms with Crippen molar-refractivity contribution < 1.29 is 18.0 Å². The molecule has 9 heteroatoms. The van der Waals surface area contributed by atoms with Gasteiger partial charge in [0.2, 0.25) is 5.91 Å². The van der Waals surface area contributed by atoms with Gasteiger partial charge in [0.1, 0.15) is 11.2 Å². The summed E-state index contributed by atoms with van der Waals surface area (Å²) in [6, 6.07) is 2.42. The van der Waals surface area contributed by atoms with Crippen LogP contribution in [0.5, 0.6) is 0 Å². The zero-order chi connectivity index (χ0) is 18.2. The molecule has 1 amide bonds. The second-order valence-electron chi connectivity index (χ2n) is 5.31. The minimum atomic E-state index is -4.55. The lowest BCUT2D eigenvalue weighted by atomic mass is 10.1. The molecule has 6 nitrogen and oxygen atoms in total. The van der Waals surface area contributed by atoms with E-state index in [4.69, 9.17) is 5.73 Å². The number of aryl methyl sites for hydroxylation is 1. The van der Waals surface area contributed by atoms with Crippen molar-refractivity contribution in [2.24, 2.45) is 5.73 Å². The van der Waals surface area contributed by atoms with Crippen molar-refractivity contribution >= 4 is 23.1 Å². The molecule has 3 N–H and O–H groups in total. The third-order valence-corrected chi connectivity index (χ3v) is 3.38. The Hall–Kier alpha value is -3.23. The lowest BCUT2D eigenvalue weighted by Crippen LogP contribution is -2.09. The third kappa shape index (κ3) is 3.49. The number of H-pyrrole nitrogens is 1. The van der Waals surface area contributed by atoms with Gasteiger partial charge in [0.25, 0.3) is 0 Å². The highest BCUT2D eigenvalue weighted by Crippen LogP contribution is 2.31. The SMILES string of the molecule is Cc1cc(-c2cnc3[nH]cc(/C=C/C(N)=O)c3n2)cc(C(F)(F)F)n1. The van der Waals surface area contributed by atoms with E-state index in [1.807, 2.05) is 0 Å². The molecular weight excluding hydrogens is 335 g/mol. The van der Waals surface area contributed by atoms with Gasteiger partial charge in [0.15, 0.2) is 5.65 Å². The molecule has 0 spiro atoms. The fourth-order valence-corrected chi connectivity index (χ4v) is 2.31. The maximum atomic E-state index is 13.0. The first-order valence-corrected chi connectivity index (χ1v) is 7.12. The van der Waals surface area contributed by atoms with Crippen LogP contribution in [0.25, 0.3) is 28.5 Å². The summed E-state index contributed by atoms with van der Waals surface area (Å²) in [4.78, 5) is 25.8. The average Bonchev–Trinajstić information content (AvgIpc) is 2.93. The van der Waals surface area contributed by atoms with Crippen LogP contribution < -0.4 is 5.73 Å². The highest BCUT2D eigenvalue weighted by Gasteiger charge is 2.33. The molecule has 0 fully saturated rings. The fourth-order valence-electron chi connectivity index (χ4n) is 2.31. The average molecular weight is 347 g/mol. The van der Waals surface area contributed by atoms with Crippen molar-refractivity contribution in [3.63, 3.8) is 0 Å². The maximum Gasteiger partial charge on any atom is 0.433 e. The van der Waals surface area contributed by atoms with Crippen LogP contribution >= 0.6 is 0 Å². The van der Waals surface area contributed by atoms with Crippen molar-refractivity contribution in [3.05, 3.63) is 47.6 Å². The highest BCUT2D eigenvalue weighted by molar-refractivity contribution is 5.93. The van der Waals surface area contributed by atoms with E-state index < -0.39 is 17.8 Å². The van der Waals surface area contributed by atoms with Gasteiger partial charge in [-0.25, -0.2) is 15.0 Å². The molecular formula is C16H12F3N5O. The monoisotopic (exact) mass is 347 g/mol. The number of hydrogen-bond donors (Lipinski definition) is 2. The molecule has 128 valence electrons. The van der Waals surface area contributed by atoms with E-state index in [2.05, 4.69) is 19.9 Å². The van der Waals surface area contributed by atoms with Gasteiger partial charge in [-0.2, -0.15) is 13.2 Å². The van der Waals surface area contributed by atoms with E-state index in [9.17, 15) is 18.0 Å². The Balaban J connectivity index is 2.12. The predicted molar refractivity (Wildman–Crippen MR) is 85.1 cm³/mol. The zero-order valence-electron chi connectivity index (χ0n) is 12.9. The number of rotatable bonds is 3. The van der Waals surface area contributed by atoms with Gasteiger partial charge >= 0.3 is 6.18 Å². The van der Waals surface area contributed by atoms with E-state index >= 15 is 0 Å². The van der Waals surface area contributed by atoms with E-state index in [0.29, 0.717) is 16.7 Å². The number of alkyl halides is 3. The van der Waals surface area contributed by atoms with Crippen molar-refractivity contribution in [1.29, 1.82) is 0 Å². The molecule has 3 heterocycles. The molecule has 0 atom stereocenters. The Labute approximate surface area is 139 Å². The highest BCUT2D eigenvalue weighted by atomic mass is 19.4. The molecule has 0 unspecified atom stereocenters. The summed E-state index contributed by atoms with van der Waals surface area (Å²) in [5.41, 5.74) is 6.20. The summed E-state index contributed by atoms with van der Waals surface area (Å²) in [5.74, 6) is -0.627. The second-order valence-corrected chi connectivity index (χ2v) is 5.31. The van der Waals surface area contributed by atoms with Crippen molar-refractivity contribution in [1.82, 2.24) is 19.9 Å². The molecule has 3 rings (SSSR count). The molecule has 0 aromatic carbocycles. The minimum absolute atomic E-state index is 0.217. The number of amides is 1. The number of aromatic nitrogens is 4. The minimum Gasteiger partial charge on any atom is -0.366 e. The number of carbonyl (C=O) groups excluding carboxylic acids is 1. The number of aromatic amines is 1. The topological polar surface area (TPSA) is 97.6 Å². The van der Waals surface area contributed by atoms with Gasteiger partial charge in [-0.3, -0.25) is 4.79 Å². The Kier molecular flexibility index (Phi) is 3.99. The molecule has 0 saturated heterocycles. The predicted octanol–water partition coefficient (Wildman–Crippen LogP) is 2.85. The van der Waals surface area contributed by atoms with Gasteiger partial charge in [-0.15, -0.1) is 0 Å². The van der Waals surface area contributed by atoms with E-state index in [1.54, 1.807) is 6.20 Å². The van der Waals surface area contributed by atoms with E-state index in [1.165, 1.54) is 25.3 Å². The number of nitrogens with one attached hydrogen (secondary N) is 1. The van der Waals surface area contributed by atoms with Crippen LogP contribution in [0, 0.1) is 6.92 Å². The molecule has 3 aromatic rings. The summed E-state index contributed by atoms with van der Waals surface area (Å²) in [6.07, 6.45) is 1.01. The Bertz CT molecular complexity index is 991. The molecule has 0 bridgehead atoms. The lowest BCUT2D eigenvalue weighted by molar-refractivity contribution is -0.141. The Morgan fingerprint density at radius 2 is 2.04 bits per heavy atom. The van der Waals surface area contributed by atoms with Crippen molar-refractivity contribution in [3.8, 4) is 11.3 Å². The summed E-state index contributed by atoms with van der Waals surface area (Å²) in [5, 5.41) is 0. The van der Waals surface area contributed by atoms with Crippen molar-refractivity contribution in [2.45, 2.75) is 13.1 Å². The van der Waals surface area contributed by atoms with Gasteiger partial charge in [0.05, 0.1) is 11.9 Å². The standard InChI is InChI=1S/C16H12F3N5O/c1-8-4-10(5-12(23-8)16(17,18)19)11-7-22-15-14(24-11)9(6-21-15)2-3-13(20)25/h2-7H,1H3,(H2,20,25)(H,21,22)/b3-2+. The van der Waals surface area contributed by atoms with Crippen LogP contribution in [0.1, 0.15) is 17.0 Å². The van der Waals surface area contributed by atoms with E-state index in [0.717, 1.165) is 12.1 Å². The molecule has 0 saturated carbocycles. The number of primary amides is 1. The van der Waals surface area contributed by atoms with Crippen LogP contribution in [-0.2, 0) is 11.0 Å². The van der Waals surface area contributed by atoms with Crippen LogP contribution in [0.3, 0.4) is 0 Å². The Morgan fingerprint density at radius 1 is 1.28 bits per heavy atom. The van der Waals surface area contributed by atoms with Gasteiger partial charge in [0, 0.05) is 29.1 Å². The van der Waals surface area contributed by atoms with Crippen LogP contribution in [0.4, 0.5) is 13.2 Å². The zero-order valence-corrected chi connectivity index (χ0v) is 12.9. The molecule has 25 heavy (non-hydrogen) atoms. The largest absolute Gasteiger partial charge is 0.433 e. The lowest BCUT2D eigenvalue weighted by Gasteiger charge is -2.09. The maximum absolute atomic E-state index is 13.0. The number of pyridine rings is 1. The Morgan fingerprint density at radius 3 is 2.72 bits per heavy atom. The third-order valence-electron chi connectivity index (χ3n) is 3.38. The summed E-state index contributed by atoms with van der Waals surface area (Å²) >= 11 is 0. The fraction of sp³-hybridized carbons (Fsp3) is 0.125. The first-order chi connectivity index (χ1) is 11.7. The number of hydrogen-bond acceptors (Lipinski definition) is 4. The summed E-state index contributed by atoms with van der Waals surface area (Å²) < 4.78 is 38.9. The second kappa shape index (κ2) is 6.00. The van der Waals surface area contributed by atoms with Crippen LogP contribution in [0.15, 0.2) is 30.6 Å². The van der Waals surface area contributed by atoms with E-state index in [-0.39, 0.29) is 17.0 Å². The molecule has 0 aliphatic carbocycles. The first-order valence-electron chi connectivity index (χ1n) is 7.12. The molecule has 0 aliphatic heterocycles. The van der Waals surface area contributed by atoms with Gasteiger partial charge in [-0.1, -0.05) is 0 Å². The number of fused-ring (bicyclic) bond motifs is 1.